The van der Waals surface area contributed by atoms with E-state index in [-0.39, 0.29) is 6.04 Å². The predicted molar refractivity (Wildman–Crippen MR) is 97.6 cm³/mol. The van der Waals surface area contributed by atoms with Crippen molar-refractivity contribution in [2.45, 2.75) is 12.5 Å². The molecule has 4 rings (SSSR count). The Hall–Kier alpha value is -2.23. The van der Waals surface area contributed by atoms with Gasteiger partial charge in [-0.15, -0.1) is 0 Å². The molecule has 0 spiro atoms. The average Bonchev–Trinajstić information content (AvgIpc) is 3.25. The molecule has 0 saturated heterocycles. The molecule has 0 amide bonds. The van der Waals surface area contributed by atoms with Crippen LogP contribution in [0.15, 0.2) is 70.2 Å². The molecule has 1 atom stereocenters. The molecule has 0 bridgehead atoms. The van der Waals surface area contributed by atoms with Crippen LogP contribution in [-0.2, 0) is 0 Å². The first kappa shape index (κ1) is 15.3. The van der Waals surface area contributed by atoms with Crippen molar-refractivity contribution in [3.63, 3.8) is 0 Å². The lowest BCUT2D eigenvalue weighted by atomic mass is 10.0. The number of furan rings is 1. The average molecular weight is 357 g/mol. The number of hydrogen-bond donors (Lipinski definition) is 1. The van der Waals surface area contributed by atoms with E-state index in [1.807, 2.05) is 60.7 Å². The first-order valence-corrected chi connectivity index (χ1v) is 8.38. The van der Waals surface area contributed by atoms with Crippen molar-refractivity contribution in [1.29, 1.82) is 0 Å². The Balaban J connectivity index is 1.50. The lowest BCUT2D eigenvalue weighted by Crippen LogP contribution is -2.08. The normalized spacial score (nSPS) is 16.8. The zero-order valence-electron chi connectivity index (χ0n) is 12.7. The molecule has 3 nitrogen and oxygen atoms in total. The Kier molecular flexibility index (Phi) is 4.05. The van der Waals surface area contributed by atoms with Gasteiger partial charge in [-0.05, 0) is 54.1 Å². The van der Waals surface area contributed by atoms with E-state index in [1.165, 1.54) is 0 Å². The van der Waals surface area contributed by atoms with E-state index in [0.29, 0.717) is 5.02 Å². The summed E-state index contributed by atoms with van der Waals surface area (Å²) in [7, 11) is 0. The summed E-state index contributed by atoms with van der Waals surface area (Å²) in [5.74, 6) is 1.69. The molecule has 2 heterocycles. The maximum Gasteiger partial charge on any atom is 0.134 e. The number of benzene rings is 2. The third-order valence-electron chi connectivity index (χ3n) is 4.03. The Bertz CT molecular complexity index is 882. The minimum atomic E-state index is 0.0386. The summed E-state index contributed by atoms with van der Waals surface area (Å²) >= 11 is 11.9. The standard InChI is InChI=1S/C19H14Cl2N2O/c20-14-5-1-12(2-6-14)16-11-17(23-22-16)19-10-9-18(24-19)13-3-7-15(21)8-4-13/h1-10,17,23H,11H2. The van der Waals surface area contributed by atoms with Gasteiger partial charge in [-0.3, -0.25) is 5.43 Å². The SMILES string of the molecule is Clc1ccc(C2=NNC(c3ccc(-c4ccc(Cl)cc4)o3)C2)cc1. The number of hydrogen-bond acceptors (Lipinski definition) is 3. The second kappa shape index (κ2) is 6.34. The van der Waals surface area contributed by atoms with Crippen LogP contribution in [0.3, 0.4) is 0 Å². The highest BCUT2D eigenvalue weighted by atomic mass is 35.5. The third kappa shape index (κ3) is 3.05. The maximum atomic E-state index is 6.00. The molecule has 1 aromatic heterocycles. The fourth-order valence-electron chi connectivity index (χ4n) is 2.74. The smallest absolute Gasteiger partial charge is 0.134 e. The van der Waals surface area contributed by atoms with Gasteiger partial charge in [-0.2, -0.15) is 5.10 Å². The van der Waals surface area contributed by atoms with Gasteiger partial charge in [-0.1, -0.05) is 35.3 Å². The van der Waals surface area contributed by atoms with Gasteiger partial charge in [0, 0.05) is 22.0 Å². The summed E-state index contributed by atoms with van der Waals surface area (Å²) in [6, 6.07) is 19.3. The summed E-state index contributed by atoms with van der Waals surface area (Å²) < 4.78 is 6.00. The molecule has 0 aliphatic carbocycles. The maximum absolute atomic E-state index is 6.00. The van der Waals surface area contributed by atoms with E-state index in [0.717, 1.165) is 39.8 Å². The number of rotatable bonds is 3. The fourth-order valence-corrected chi connectivity index (χ4v) is 2.99. The number of halogens is 2. The minimum Gasteiger partial charge on any atom is -0.459 e. The second-order valence-electron chi connectivity index (χ2n) is 5.66. The summed E-state index contributed by atoms with van der Waals surface area (Å²) in [5, 5.41) is 5.87. The van der Waals surface area contributed by atoms with Gasteiger partial charge in [0.25, 0.3) is 0 Å². The molecule has 0 radical (unpaired) electrons. The Morgan fingerprint density at radius 2 is 1.46 bits per heavy atom. The summed E-state index contributed by atoms with van der Waals surface area (Å²) in [4.78, 5) is 0. The van der Waals surface area contributed by atoms with Crippen molar-refractivity contribution in [3.8, 4) is 11.3 Å². The molecule has 1 unspecified atom stereocenters. The lowest BCUT2D eigenvalue weighted by Gasteiger charge is -2.06. The van der Waals surface area contributed by atoms with E-state index >= 15 is 0 Å². The molecular formula is C19H14Cl2N2O. The zero-order valence-corrected chi connectivity index (χ0v) is 14.2. The van der Waals surface area contributed by atoms with Crippen LogP contribution in [0.2, 0.25) is 10.0 Å². The van der Waals surface area contributed by atoms with Gasteiger partial charge in [0.15, 0.2) is 0 Å². The van der Waals surface area contributed by atoms with Gasteiger partial charge < -0.3 is 4.42 Å². The van der Waals surface area contributed by atoms with Gasteiger partial charge in [-0.25, -0.2) is 0 Å². The van der Waals surface area contributed by atoms with Crippen molar-refractivity contribution in [2.24, 2.45) is 5.10 Å². The van der Waals surface area contributed by atoms with Crippen molar-refractivity contribution in [2.75, 3.05) is 0 Å². The van der Waals surface area contributed by atoms with Crippen LogP contribution in [0.25, 0.3) is 11.3 Å². The van der Waals surface area contributed by atoms with E-state index in [9.17, 15) is 0 Å². The Morgan fingerprint density at radius 1 is 0.833 bits per heavy atom. The Labute approximate surface area is 149 Å². The predicted octanol–water partition coefficient (Wildman–Crippen LogP) is 5.69. The molecule has 120 valence electrons. The third-order valence-corrected chi connectivity index (χ3v) is 4.53. The van der Waals surface area contributed by atoms with Crippen LogP contribution < -0.4 is 5.43 Å². The molecule has 1 N–H and O–H groups in total. The fraction of sp³-hybridized carbons (Fsp3) is 0.105. The molecule has 1 aliphatic rings. The molecule has 1 aliphatic heterocycles. The largest absolute Gasteiger partial charge is 0.459 e. The van der Waals surface area contributed by atoms with Crippen LogP contribution in [0.4, 0.5) is 0 Å². The van der Waals surface area contributed by atoms with Crippen molar-refractivity contribution < 1.29 is 4.42 Å². The molecule has 5 heteroatoms. The molecule has 2 aromatic carbocycles. The molecule has 0 fully saturated rings. The lowest BCUT2D eigenvalue weighted by molar-refractivity contribution is 0.448. The topological polar surface area (TPSA) is 37.5 Å². The van der Waals surface area contributed by atoms with Crippen LogP contribution >= 0.6 is 23.2 Å². The molecule has 3 aromatic rings. The number of nitrogens with one attached hydrogen (secondary N) is 1. The molecule has 0 saturated carbocycles. The van der Waals surface area contributed by atoms with Crippen LogP contribution in [0, 0.1) is 0 Å². The minimum absolute atomic E-state index is 0.0386. The van der Waals surface area contributed by atoms with Crippen molar-refractivity contribution in [1.82, 2.24) is 5.43 Å². The quantitative estimate of drug-likeness (QED) is 0.654. The highest BCUT2D eigenvalue weighted by molar-refractivity contribution is 6.31. The van der Waals surface area contributed by atoms with Crippen LogP contribution in [0.1, 0.15) is 23.8 Å². The van der Waals surface area contributed by atoms with E-state index in [1.54, 1.807) is 0 Å². The van der Waals surface area contributed by atoms with Gasteiger partial charge >= 0.3 is 0 Å². The van der Waals surface area contributed by atoms with Gasteiger partial charge in [0.2, 0.25) is 0 Å². The number of hydrazone groups is 1. The van der Waals surface area contributed by atoms with Gasteiger partial charge in [0.1, 0.15) is 17.6 Å². The first-order valence-electron chi connectivity index (χ1n) is 7.63. The molecular weight excluding hydrogens is 343 g/mol. The van der Waals surface area contributed by atoms with E-state index in [2.05, 4.69) is 10.5 Å². The van der Waals surface area contributed by atoms with E-state index in [4.69, 9.17) is 27.6 Å². The van der Waals surface area contributed by atoms with Crippen LogP contribution in [0.5, 0.6) is 0 Å². The summed E-state index contributed by atoms with van der Waals surface area (Å²) in [5.41, 5.74) is 6.22. The highest BCUT2D eigenvalue weighted by Crippen LogP contribution is 2.30. The van der Waals surface area contributed by atoms with Crippen molar-refractivity contribution >= 4 is 28.9 Å². The van der Waals surface area contributed by atoms with Gasteiger partial charge in [0.05, 0.1) is 5.71 Å². The molecule has 24 heavy (non-hydrogen) atoms. The first-order chi connectivity index (χ1) is 11.7. The Morgan fingerprint density at radius 3 is 2.12 bits per heavy atom. The number of nitrogens with zero attached hydrogens (tertiary/aromatic N) is 1. The van der Waals surface area contributed by atoms with Crippen LogP contribution in [-0.4, -0.2) is 5.71 Å². The van der Waals surface area contributed by atoms with E-state index < -0.39 is 0 Å². The monoisotopic (exact) mass is 356 g/mol. The van der Waals surface area contributed by atoms with Crippen molar-refractivity contribution in [3.05, 3.63) is 82.0 Å². The summed E-state index contributed by atoms with van der Waals surface area (Å²) in [6.45, 7) is 0. The zero-order chi connectivity index (χ0) is 16.5. The summed E-state index contributed by atoms with van der Waals surface area (Å²) in [6.07, 6.45) is 0.773. The second-order valence-corrected chi connectivity index (χ2v) is 6.53. The highest BCUT2D eigenvalue weighted by Gasteiger charge is 2.24.